The molecule has 1 heterocycles. The van der Waals surface area contributed by atoms with Crippen molar-refractivity contribution in [2.45, 2.75) is 44.6 Å². The van der Waals surface area contributed by atoms with Gasteiger partial charge in [-0.15, -0.1) is 0 Å². The molecule has 1 aliphatic rings. The van der Waals surface area contributed by atoms with Crippen LogP contribution in [0.25, 0.3) is 10.9 Å². The van der Waals surface area contributed by atoms with E-state index < -0.39 is 4.92 Å². The molecule has 3 N–H and O–H groups in total. The molecule has 1 aromatic heterocycles. The zero-order valence-electron chi connectivity index (χ0n) is 14.1. The van der Waals surface area contributed by atoms with Crippen LogP contribution in [0.1, 0.15) is 49.0 Å². The van der Waals surface area contributed by atoms with E-state index in [2.05, 4.69) is 20.8 Å². The molecule has 8 nitrogen and oxygen atoms in total. The van der Waals surface area contributed by atoms with Gasteiger partial charge in [0.1, 0.15) is 0 Å². The summed E-state index contributed by atoms with van der Waals surface area (Å²) in [4.78, 5) is 22.7. The number of aromatic amines is 1. The van der Waals surface area contributed by atoms with Gasteiger partial charge in [-0.1, -0.05) is 25.7 Å². The Kier molecular flexibility index (Phi) is 5.60. The normalized spacial score (nSPS) is 15.8. The van der Waals surface area contributed by atoms with E-state index >= 15 is 0 Å². The van der Waals surface area contributed by atoms with Crippen LogP contribution in [0.15, 0.2) is 18.2 Å². The van der Waals surface area contributed by atoms with Crippen molar-refractivity contribution in [1.29, 1.82) is 0 Å². The van der Waals surface area contributed by atoms with E-state index in [0.29, 0.717) is 30.0 Å². The van der Waals surface area contributed by atoms with Gasteiger partial charge in [0, 0.05) is 36.7 Å². The Morgan fingerprint density at radius 1 is 1.24 bits per heavy atom. The minimum absolute atomic E-state index is 0.0574. The number of carbonyl (C=O) groups is 1. The second-order valence-electron chi connectivity index (χ2n) is 6.46. The second-order valence-corrected chi connectivity index (χ2v) is 6.46. The number of rotatable bonds is 6. The third-order valence-electron chi connectivity index (χ3n) is 4.67. The van der Waals surface area contributed by atoms with Crippen LogP contribution in [-0.2, 0) is 0 Å². The molecule has 1 amide bonds. The largest absolute Gasteiger partial charge is 0.349 e. The molecule has 0 radical (unpaired) electrons. The fourth-order valence-electron chi connectivity index (χ4n) is 3.31. The summed E-state index contributed by atoms with van der Waals surface area (Å²) in [5.41, 5.74) is 0.735. The van der Waals surface area contributed by atoms with Crippen LogP contribution in [0.2, 0.25) is 0 Å². The molecule has 0 bridgehead atoms. The fourth-order valence-corrected chi connectivity index (χ4v) is 3.31. The number of nitrogens with one attached hydrogen (secondary N) is 3. The summed E-state index contributed by atoms with van der Waals surface area (Å²) < 4.78 is 0. The van der Waals surface area contributed by atoms with Gasteiger partial charge in [-0.05, 0) is 18.9 Å². The number of hydrogen-bond acceptors (Lipinski definition) is 5. The molecule has 1 fully saturated rings. The maximum Gasteiger partial charge on any atom is 0.272 e. The lowest BCUT2D eigenvalue weighted by Gasteiger charge is -2.16. The van der Waals surface area contributed by atoms with Crippen LogP contribution < -0.4 is 10.6 Å². The molecule has 0 aliphatic heterocycles. The maximum absolute atomic E-state index is 12.3. The highest BCUT2D eigenvalue weighted by atomic mass is 16.6. The minimum atomic E-state index is -0.481. The molecule has 0 atom stereocenters. The third-order valence-corrected chi connectivity index (χ3v) is 4.67. The van der Waals surface area contributed by atoms with Crippen molar-refractivity contribution in [2.24, 2.45) is 0 Å². The van der Waals surface area contributed by atoms with Gasteiger partial charge in [-0.2, -0.15) is 5.10 Å². The average molecular weight is 345 g/mol. The van der Waals surface area contributed by atoms with E-state index in [9.17, 15) is 14.9 Å². The first-order chi connectivity index (χ1) is 12.1. The molecule has 2 aromatic rings. The van der Waals surface area contributed by atoms with Crippen molar-refractivity contribution in [3.63, 3.8) is 0 Å². The summed E-state index contributed by atoms with van der Waals surface area (Å²) in [7, 11) is 0. The number of hydrogen-bond donors (Lipinski definition) is 3. The maximum atomic E-state index is 12.3. The Balaban J connectivity index is 1.55. The van der Waals surface area contributed by atoms with Crippen molar-refractivity contribution in [1.82, 2.24) is 20.8 Å². The molecule has 25 heavy (non-hydrogen) atoms. The standard InChI is InChI=1S/C17H23N5O3/c23-17(19-10-9-18-12-5-3-1-2-4-6-12)16-14-11-13(22(24)25)7-8-15(14)20-21-16/h7-8,11-12,18H,1-6,9-10H2,(H,19,23)(H,20,21). The predicted octanol–water partition coefficient (Wildman–Crippen LogP) is 2.51. The molecule has 0 unspecified atom stereocenters. The Labute approximate surface area is 145 Å². The van der Waals surface area contributed by atoms with E-state index in [1.54, 1.807) is 6.07 Å². The van der Waals surface area contributed by atoms with Crippen LogP contribution >= 0.6 is 0 Å². The SMILES string of the molecule is O=C(NCCNC1CCCCCC1)c1n[nH]c2ccc([N+](=O)[O-])cc12. The highest BCUT2D eigenvalue weighted by Gasteiger charge is 2.17. The quantitative estimate of drug-likeness (QED) is 0.322. The second kappa shape index (κ2) is 8.06. The first-order valence-corrected chi connectivity index (χ1v) is 8.79. The van der Waals surface area contributed by atoms with Gasteiger partial charge in [-0.3, -0.25) is 20.0 Å². The lowest BCUT2D eigenvalue weighted by Crippen LogP contribution is -2.37. The number of nitro benzene ring substituents is 1. The van der Waals surface area contributed by atoms with Crippen LogP contribution in [-0.4, -0.2) is 40.2 Å². The first kappa shape index (κ1) is 17.3. The highest BCUT2D eigenvalue weighted by molar-refractivity contribution is 6.05. The van der Waals surface area contributed by atoms with Crippen LogP contribution in [0.4, 0.5) is 5.69 Å². The number of nitrogens with zero attached hydrogens (tertiary/aromatic N) is 2. The zero-order chi connectivity index (χ0) is 17.6. The summed E-state index contributed by atoms with van der Waals surface area (Å²) in [5.74, 6) is -0.325. The molecular formula is C17H23N5O3. The molecule has 3 rings (SSSR count). The summed E-state index contributed by atoms with van der Waals surface area (Å²) in [6, 6.07) is 4.86. The molecule has 1 saturated carbocycles. The Morgan fingerprint density at radius 3 is 2.72 bits per heavy atom. The summed E-state index contributed by atoms with van der Waals surface area (Å²) in [6.45, 7) is 1.21. The van der Waals surface area contributed by atoms with E-state index in [-0.39, 0.29) is 17.3 Å². The Bertz CT molecular complexity index is 750. The lowest BCUT2D eigenvalue weighted by molar-refractivity contribution is -0.384. The van der Waals surface area contributed by atoms with Crippen molar-refractivity contribution >= 4 is 22.5 Å². The number of aromatic nitrogens is 2. The summed E-state index contributed by atoms with van der Waals surface area (Å²) in [5, 5.41) is 24.4. The van der Waals surface area contributed by atoms with E-state index in [4.69, 9.17) is 0 Å². The summed E-state index contributed by atoms with van der Waals surface area (Å²) in [6.07, 6.45) is 7.55. The molecule has 0 spiro atoms. The van der Waals surface area contributed by atoms with Gasteiger partial charge in [0.15, 0.2) is 5.69 Å². The molecule has 8 heteroatoms. The number of nitro groups is 1. The number of carbonyl (C=O) groups excluding carboxylic acids is 1. The highest BCUT2D eigenvalue weighted by Crippen LogP contribution is 2.22. The Morgan fingerprint density at radius 2 is 2.00 bits per heavy atom. The number of fused-ring (bicyclic) bond motifs is 1. The predicted molar refractivity (Wildman–Crippen MR) is 94.6 cm³/mol. The monoisotopic (exact) mass is 345 g/mol. The van der Waals surface area contributed by atoms with Crippen molar-refractivity contribution in [3.05, 3.63) is 34.0 Å². The number of non-ortho nitro benzene ring substituents is 1. The first-order valence-electron chi connectivity index (χ1n) is 8.79. The van der Waals surface area contributed by atoms with Crippen molar-refractivity contribution < 1.29 is 9.72 Å². The van der Waals surface area contributed by atoms with Crippen LogP contribution in [0.3, 0.4) is 0 Å². The van der Waals surface area contributed by atoms with E-state index in [1.165, 1.54) is 50.7 Å². The van der Waals surface area contributed by atoms with Gasteiger partial charge in [0.2, 0.25) is 0 Å². The summed E-state index contributed by atoms with van der Waals surface area (Å²) >= 11 is 0. The van der Waals surface area contributed by atoms with Crippen molar-refractivity contribution in [2.75, 3.05) is 13.1 Å². The van der Waals surface area contributed by atoms with Gasteiger partial charge in [0.25, 0.3) is 11.6 Å². The number of H-pyrrole nitrogens is 1. The topological polar surface area (TPSA) is 113 Å². The van der Waals surface area contributed by atoms with Gasteiger partial charge in [0.05, 0.1) is 10.4 Å². The number of benzene rings is 1. The van der Waals surface area contributed by atoms with E-state index in [1.807, 2.05) is 0 Å². The molecule has 0 saturated heterocycles. The van der Waals surface area contributed by atoms with Crippen LogP contribution in [0, 0.1) is 10.1 Å². The minimum Gasteiger partial charge on any atom is -0.349 e. The Hall–Kier alpha value is -2.48. The van der Waals surface area contributed by atoms with Crippen LogP contribution in [0.5, 0.6) is 0 Å². The zero-order valence-corrected chi connectivity index (χ0v) is 14.1. The number of amides is 1. The van der Waals surface area contributed by atoms with E-state index in [0.717, 1.165) is 0 Å². The molecule has 1 aromatic carbocycles. The third kappa shape index (κ3) is 4.33. The van der Waals surface area contributed by atoms with Gasteiger partial charge in [-0.25, -0.2) is 0 Å². The average Bonchev–Trinajstić information content (AvgIpc) is 2.86. The smallest absolute Gasteiger partial charge is 0.272 e. The molecule has 1 aliphatic carbocycles. The fraction of sp³-hybridized carbons (Fsp3) is 0.529. The van der Waals surface area contributed by atoms with Gasteiger partial charge < -0.3 is 10.6 Å². The van der Waals surface area contributed by atoms with Gasteiger partial charge >= 0.3 is 0 Å². The molecular weight excluding hydrogens is 322 g/mol. The van der Waals surface area contributed by atoms with Crippen molar-refractivity contribution in [3.8, 4) is 0 Å². The molecule has 134 valence electrons. The lowest BCUT2D eigenvalue weighted by atomic mass is 10.1.